The van der Waals surface area contributed by atoms with Crippen molar-refractivity contribution in [2.75, 3.05) is 12.4 Å². The normalized spacial score (nSPS) is 12.6. The molecule has 3 aromatic carbocycles. The lowest BCUT2D eigenvalue weighted by molar-refractivity contribution is -0.0209. The second kappa shape index (κ2) is 15.0. The Balaban J connectivity index is 0.00000137. The Bertz CT molecular complexity index is 1090. The summed E-state index contributed by atoms with van der Waals surface area (Å²) in [5.74, 6) is 0.138. The zero-order valence-electron chi connectivity index (χ0n) is 20.0. The SMILES string of the molecule is C/C=C/c1ccc(C(O)C(OC(=O)c2ccc(OC)cc2)c2ccc(/C=C/C)cc2)cc1.ClCCl. The lowest BCUT2D eigenvalue weighted by Crippen LogP contribution is -2.19. The van der Waals surface area contributed by atoms with Crippen LogP contribution in [0.5, 0.6) is 5.75 Å². The fourth-order valence-electron chi connectivity index (χ4n) is 3.39. The number of allylic oxidation sites excluding steroid dienone is 2. The highest BCUT2D eigenvalue weighted by atomic mass is 35.5. The number of methoxy groups -OCH3 is 1. The number of ether oxygens (including phenoxy) is 2. The van der Waals surface area contributed by atoms with Crippen molar-refractivity contribution in [3.8, 4) is 5.75 Å². The molecule has 2 atom stereocenters. The van der Waals surface area contributed by atoms with Crippen molar-refractivity contribution in [2.45, 2.75) is 26.1 Å². The van der Waals surface area contributed by atoms with E-state index in [0.29, 0.717) is 22.4 Å². The first kappa shape index (κ1) is 28.2. The molecule has 0 aromatic heterocycles. The minimum absolute atomic E-state index is 0.194. The third-order valence-corrected chi connectivity index (χ3v) is 5.11. The largest absolute Gasteiger partial charge is 0.497 e. The predicted molar refractivity (Wildman–Crippen MR) is 145 cm³/mol. The number of carbonyl (C=O) groups excluding carboxylic acids is 1. The van der Waals surface area contributed by atoms with Crippen LogP contribution in [0.1, 0.15) is 58.7 Å². The molecule has 35 heavy (non-hydrogen) atoms. The number of esters is 1. The first-order valence-electron chi connectivity index (χ1n) is 11.1. The van der Waals surface area contributed by atoms with Crippen LogP contribution >= 0.6 is 23.2 Å². The summed E-state index contributed by atoms with van der Waals surface area (Å²) in [5.41, 5.74) is 3.83. The van der Waals surface area contributed by atoms with Gasteiger partial charge in [-0.1, -0.05) is 72.8 Å². The van der Waals surface area contributed by atoms with Crippen LogP contribution in [-0.4, -0.2) is 23.5 Å². The summed E-state index contributed by atoms with van der Waals surface area (Å²) < 4.78 is 11.0. The molecule has 0 aliphatic rings. The van der Waals surface area contributed by atoms with Gasteiger partial charge in [0.05, 0.1) is 18.0 Å². The van der Waals surface area contributed by atoms with Crippen LogP contribution < -0.4 is 4.74 Å². The molecule has 0 saturated heterocycles. The Hall–Kier alpha value is -3.05. The van der Waals surface area contributed by atoms with Crippen molar-refractivity contribution in [2.24, 2.45) is 0 Å². The molecule has 0 radical (unpaired) electrons. The minimum Gasteiger partial charge on any atom is -0.497 e. The molecule has 184 valence electrons. The maximum absolute atomic E-state index is 12.9. The van der Waals surface area contributed by atoms with Gasteiger partial charge in [-0.05, 0) is 60.4 Å². The van der Waals surface area contributed by atoms with E-state index in [2.05, 4.69) is 0 Å². The van der Waals surface area contributed by atoms with E-state index in [1.807, 2.05) is 86.7 Å². The number of benzene rings is 3. The first-order valence-corrected chi connectivity index (χ1v) is 12.1. The molecule has 3 aromatic rings. The number of carbonyl (C=O) groups is 1. The maximum Gasteiger partial charge on any atom is 0.338 e. The van der Waals surface area contributed by atoms with Crippen LogP contribution in [-0.2, 0) is 4.74 Å². The summed E-state index contributed by atoms with van der Waals surface area (Å²) in [6.07, 6.45) is 5.99. The summed E-state index contributed by atoms with van der Waals surface area (Å²) in [5, 5.41) is 11.4. The molecule has 6 heteroatoms. The van der Waals surface area contributed by atoms with Gasteiger partial charge in [-0.25, -0.2) is 4.79 Å². The average molecular weight is 513 g/mol. The van der Waals surface area contributed by atoms with Crippen molar-refractivity contribution in [1.82, 2.24) is 0 Å². The van der Waals surface area contributed by atoms with E-state index in [-0.39, 0.29) is 5.34 Å². The third-order valence-electron chi connectivity index (χ3n) is 5.11. The van der Waals surface area contributed by atoms with Crippen molar-refractivity contribution in [1.29, 1.82) is 0 Å². The molecular weight excluding hydrogens is 483 g/mol. The summed E-state index contributed by atoms with van der Waals surface area (Å²) in [6, 6.07) is 21.9. The zero-order chi connectivity index (χ0) is 25.6. The minimum atomic E-state index is -1.02. The van der Waals surface area contributed by atoms with E-state index in [4.69, 9.17) is 32.7 Å². The standard InChI is InChI=1S/C28H28O4.CH2Cl2/c1-4-6-20-8-12-22(13-9-20)26(29)27(23-14-10-21(7-5-2)11-15-23)32-28(30)24-16-18-25(31-3)19-17-24;2-1-3/h4-19,26-27,29H,1-3H3;1H2/b6-4+,7-5+;. The van der Waals surface area contributed by atoms with E-state index in [1.54, 1.807) is 31.4 Å². The smallest absolute Gasteiger partial charge is 0.338 e. The van der Waals surface area contributed by atoms with E-state index >= 15 is 0 Å². The number of rotatable bonds is 8. The number of aliphatic hydroxyl groups excluding tert-OH is 1. The van der Waals surface area contributed by atoms with Crippen LogP contribution in [0.15, 0.2) is 84.9 Å². The quantitative estimate of drug-likeness (QED) is 0.247. The van der Waals surface area contributed by atoms with Gasteiger partial charge in [-0.2, -0.15) is 0 Å². The Labute approximate surface area is 217 Å². The molecule has 0 saturated carbocycles. The highest BCUT2D eigenvalue weighted by Crippen LogP contribution is 2.33. The maximum atomic E-state index is 12.9. The van der Waals surface area contributed by atoms with E-state index in [1.165, 1.54) is 0 Å². The van der Waals surface area contributed by atoms with Gasteiger partial charge in [0.25, 0.3) is 0 Å². The van der Waals surface area contributed by atoms with Crippen molar-refractivity contribution >= 4 is 41.3 Å². The fraction of sp³-hybridized carbons (Fsp3) is 0.207. The van der Waals surface area contributed by atoms with Crippen LogP contribution in [0.4, 0.5) is 0 Å². The van der Waals surface area contributed by atoms with E-state index in [0.717, 1.165) is 11.1 Å². The highest BCUT2D eigenvalue weighted by molar-refractivity contribution is 6.40. The van der Waals surface area contributed by atoms with Crippen LogP contribution in [0.3, 0.4) is 0 Å². The van der Waals surface area contributed by atoms with Gasteiger partial charge in [-0.15, -0.1) is 23.2 Å². The second-order valence-electron chi connectivity index (χ2n) is 7.43. The summed E-state index contributed by atoms with van der Waals surface area (Å²) >= 11 is 9.53. The Morgan fingerprint density at radius 1 is 0.829 bits per heavy atom. The molecule has 0 aliphatic heterocycles. The molecule has 2 unspecified atom stereocenters. The zero-order valence-corrected chi connectivity index (χ0v) is 21.5. The summed E-state index contributed by atoms with van der Waals surface area (Å²) in [6.45, 7) is 3.91. The first-order chi connectivity index (χ1) is 17.0. The Morgan fingerprint density at radius 2 is 1.29 bits per heavy atom. The number of aliphatic hydroxyl groups is 1. The molecule has 3 rings (SSSR count). The van der Waals surface area contributed by atoms with Gasteiger partial charge in [0.15, 0.2) is 6.10 Å². The lowest BCUT2D eigenvalue weighted by atomic mass is 9.96. The molecule has 0 fully saturated rings. The van der Waals surface area contributed by atoms with Crippen LogP contribution in [0.2, 0.25) is 0 Å². The Morgan fingerprint density at radius 3 is 1.71 bits per heavy atom. The van der Waals surface area contributed by atoms with E-state index < -0.39 is 18.2 Å². The van der Waals surface area contributed by atoms with Crippen LogP contribution in [0, 0.1) is 0 Å². The molecular formula is C29H30Cl2O4. The van der Waals surface area contributed by atoms with Crippen molar-refractivity contribution < 1.29 is 19.4 Å². The Kier molecular flexibility index (Phi) is 12.1. The molecule has 0 spiro atoms. The number of hydrogen-bond acceptors (Lipinski definition) is 4. The molecule has 0 heterocycles. The topological polar surface area (TPSA) is 55.8 Å². The van der Waals surface area contributed by atoms with Crippen molar-refractivity contribution in [3.05, 3.63) is 113 Å². The highest BCUT2D eigenvalue weighted by Gasteiger charge is 2.27. The lowest BCUT2D eigenvalue weighted by Gasteiger charge is -2.24. The third kappa shape index (κ3) is 8.59. The van der Waals surface area contributed by atoms with Gasteiger partial charge in [0.2, 0.25) is 0 Å². The summed E-state index contributed by atoms with van der Waals surface area (Å²) in [7, 11) is 1.57. The van der Waals surface area contributed by atoms with Gasteiger partial charge in [0, 0.05) is 0 Å². The van der Waals surface area contributed by atoms with Gasteiger partial charge in [-0.3, -0.25) is 0 Å². The predicted octanol–water partition coefficient (Wildman–Crippen LogP) is 7.81. The fourth-order valence-corrected chi connectivity index (χ4v) is 3.39. The number of alkyl halides is 2. The van der Waals surface area contributed by atoms with Crippen LogP contribution in [0.25, 0.3) is 12.2 Å². The van der Waals surface area contributed by atoms with Crippen molar-refractivity contribution in [3.63, 3.8) is 0 Å². The van der Waals surface area contributed by atoms with E-state index in [9.17, 15) is 9.90 Å². The van der Waals surface area contributed by atoms with Gasteiger partial charge < -0.3 is 14.6 Å². The van der Waals surface area contributed by atoms with Gasteiger partial charge in [0.1, 0.15) is 11.9 Å². The number of halogens is 2. The summed E-state index contributed by atoms with van der Waals surface area (Å²) in [4.78, 5) is 12.9. The molecule has 4 nitrogen and oxygen atoms in total. The van der Waals surface area contributed by atoms with Gasteiger partial charge >= 0.3 is 5.97 Å². The molecule has 0 aliphatic carbocycles. The number of hydrogen-bond donors (Lipinski definition) is 1. The monoisotopic (exact) mass is 512 g/mol. The molecule has 0 amide bonds. The average Bonchev–Trinajstić information content (AvgIpc) is 2.89. The molecule has 0 bridgehead atoms. The molecule has 1 N–H and O–H groups in total. The second-order valence-corrected chi connectivity index (χ2v) is 8.24.